The van der Waals surface area contributed by atoms with Gasteiger partial charge in [-0.2, -0.15) is 0 Å². The Morgan fingerprint density at radius 2 is 1.77 bits per heavy atom. The van der Waals surface area contributed by atoms with Gasteiger partial charge in [0.15, 0.2) is 0 Å². The Morgan fingerprint density at radius 3 is 2.41 bits per heavy atom. The van der Waals surface area contributed by atoms with Crippen molar-refractivity contribution < 1.29 is 13.2 Å². The number of carbonyl (C=O) groups excluding carboxylic acids is 1. The van der Waals surface area contributed by atoms with Gasteiger partial charge in [-0.1, -0.05) is 25.0 Å². The molecular formula is C15H21BrN2O3S. The van der Waals surface area contributed by atoms with E-state index in [1.807, 2.05) is 6.07 Å². The lowest BCUT2D eigenvalue weighted by molar-refractivity contribution is 0.0955. The molecule has 1 aromatic carbocycles. The van der Waals surface area contributed by atoms with Crippen molar-refractivity contribution in [3.05, 3.63) is 34.3 Å². The first-order valence-electron chi connectivity index (χ1n) is 7.51. The summed E-state index contributed by atoms with van der Waals surface area (Å²) >= 11 is 3.31. The molecule has 7 heteroatoms. The molecule has 1 aromatic rings. The smallest absolute Gasteiger partial charge is 0.252 e. The number of carbonyl (C=O) groups is 1. The molecule has 5 nitrogen and oxygen atoms in total. The fourth-order valence-corrected chi connectivity index (χ4v) is 4.38. The van der Waals surface area contributed by atoms with E-state index in [-0.39, 0.29) is 18.2 Å². The molecule has 0 spiro atoms. The molecule has 1 aliphatic heterocycles. The van der Waals surface area contributed by atoms with E-state index in [9.17, 15) is 13.2 Å². The summed E-state index contributed by atoms with van der Waals surface area (Å²) in [6, 6.07) is 7.07. The van der Waals surface area contributed by atoms with Gasteiger partial charge in [-0.3, -0.25) is 4.79 Å². The molecule has 0 aliphatic carbocycles. The van der Waals surface area contributed by atoms with Crippen LogP contribution in [0.3, 0.4) is 0 Å². The Balaban J connectivity index is 1.87. The Kier molecular flexibility index (Phi) is 6.40. The lowest BCUT2D eigenvalue weighted by atomic mass is 10.2. The zero-order valence-electron chi connectivity index (χ0n) is 12.4. The Hall–Kier alpha value is -0.920. The van der Waals surface area contributed by atoms with Gasteiger partial charge < -0.3 is 5.32 Å². The van der Waals surface area contributed by atoms with Crippen LogP contribution in [0.4, 0.5) is 0 Å². The fraction of sp³-hybridized carbons (Fsp3) is 0.533. The summed E-state index contributed by atoms with van der Waals surface area (Å²) in [6.45, 7) is 1.32. The molecule has 2 rings (SSSR count). The maximum Gasteiger partial charge on any atom is 0.252 e. The first-order chi connectivity index (χ1) is 10.5. The molecule has 1 heterocycles. The number of hydrogen-bond donors (Lipinski definition) is 1. The van der Waals surface area contributed by atoms with E-state index < -0.39 is 10.0 Å². The Bertz CT molecular complexity index is 611. The Morgan fingerprint density at radius 1 is 1.14 bits per heavy atom. The predicted octanol–water partition coefficient (Wildman–Crippen LogP) is 2.38. The van der Waals surface area contributed by atoms with Crippen molar-refractivity contribution in [1.29, 1.82) is 0 Å². The lowest BCUT2D eigenvalue weighted by Gasteiger charge is -2.19. The topological polar surface area (TPSA) is 66.5 Å². The third kappa shape index (κ3) is 4.79. The molecule has 122 valence electrons. The number of sulfonamides is 1. The highest BCUT2D eigenvalue weighted by molar-refractivity contribution is 9.10. The summed E-state index contributed by atoms with van der Waals surface area (Å²) < 4.78 is 26.8. The molecule has 1 fully saturated rings. The van der Waals surface area contributed by atoms with Gasteiger partial charge in [0.05, 0.1) is 11.3 Å². The summed E-state index contributed by atoms with van der Waals surface area (Å²) in [5.74, 6) is -0.318. The van der Waals surface area contributed by atoms with E-state index >= 15 is 0 Å². The predicted molar refractivity (Wildman–Crippen MR) is 90.3 cm³/mol. The molecule has 0 unspecified atom stereocenters. The van der Waals surface area contributed by atoms with Crippen molar-refractivity contribution in [2.45, 2.75) is 25.7 Å². The Labute approximate surface area is 140 Å². The molecule has 1 N–H and O–H groups in total. The second kappa shape index (κ2) is 8.08. The van der Waals surface area contributed by atoms with Gasteiger partial charge in [-0.25, -0.2) is 12.7 Å². The van der Waals surface area contributed by atoms with Crippen LogP contribution in [-0.4, -0.2) is 44.0 Å². The summed E-state index contributed by atoms with van der Waals surface area (Å²) in [5, 5.41) is 2.68. The molecule has 0 atom stereocenters. The van der Waals surface area contributed by atoms with Crippen molar-refractivity contribution in [3.63, 3.8) is 0 Å². The van der Waals surface area contributed by atoms with Crippen molar-refractivity contribution in [1.82, 2.24) is 9.62 Å². The van der Waals surface area contributed by atoms with Crippen LogP contribution in [0.15, 0.2) is 28.7 Å². The summed E-state index contributed by atoms with van der Waals surface area (Å²) in [7, 11) is -3.29. The van der Waals surface area contributed by atoms with Crippen LogP contribution in [0.2, 0.25) is 0 Å². The minimum atomic E-state index is -3.29. The number of benzene rings is 1. The highest BCUT2D eigenvalue weighted by Gasteiger charge is 2.22. The van der Waals surface area contributed by atoms with Crippen LogP contribution in [0.25, 0.3) is 0 Å². The SMILES string of the molecule is O=C(NCCS(=O)(=O)N1CCCCCC1)c1ccccc1Br. The van der Waals surface area contributed by atoms with Crippen LogP contribution < -0.4 is 5.32 Å². The first-order valence-corrected chi connectivity index (χ1v) is 9.91. The largest absolute Gasteiger partial charge is 0.351 e. The standard InChI is InChI=1S/C15H21BrN2O3S/c16-14-8-4-3-7-13(14)15(19)17-9-12-22(20,21)18-10-5-1-2-6-11-18/h3-4,7-8H,1-2,5-6,9-12H2,(H,17,19). The lowest BCUT2D eigenvalue weighted by Crippen LogP contribution is -2.38. The molecule has 1 amide bonds. The van der Waals surface area contributed by atoms with E-state index in [2.05, 4.69) is 21.2 Å². The molecule has 1 aliphatic rings. The second-order valence-corrected chi connectivity index (χ2v) is 8.31. The van der Waals surface area contributed by atoms with Gasteiger partial charge >= 0.3 is 0 Å². The third-order valence-corrected chi connectivity index (χ3v) is 6.29. The number of halogens is 1. The minimum absolute atomic E-state index is 0.0524. The third-order valence-electron chi connectivity index (χ3n) is 3.72. The summed E-state index contributed by atoms with van der Waals surface area (Å²) in [5.41, 5.74) is 0.509. The zero-order chi connectivity index (χ0) is 16.0. The molecule has 0 radical (unpaired) electrons. The zero-order valence-corrected chi connectivity index (χ0v) is 14.8. The fourth-order valence-electron chi connectivity index (χ4n) is 2.48. The van der Waals surface area contributed by atoms with Gasteiger partial charge in [-0.15, -0.1) is 0 Å². The maximum atomic E-state index is 12.3. The van der Waals surface area contributed by atoms with Crippen molar-refractivity contribution in [2.75, 3.05) is 25.4 Å². The van der Waals surface area contributed by atoms with Crippen LogP contribution in [0.5, 0.6) is 0 Å². The molecule has 1 saturated heterocycles. The highest BCUT2D eigenvalue weighted by Crippen LogP contribution is 2.16. The number of hydrogen-bond acceptors (Lipinski definition) is 3. The maximum absolute atomic E-state index is 12.3. The van der Waals surface area contributed by atoms with E-state index in [0.717, 1.165) is 25.7 Å². The van der Waals surface area contributed by atoms with E-state index in [1.54, 1.807) is 22.5 Å². The number of nitrogens with zero attached hydrogens (tertiary/aromatic N) is 1. The average molecular weight is 389 g/mol. The molecule has 0 saturated carbocycles. The molecular weight excluding hydrogens is 368 g/mol. The minimum Gasteiger partial charge on any atom is -0.351 e. The molecule has 0 bridgehead atoms. The van der Waals surface area contributed by atoms with E-state index in [1.165, 1.54) is 0 Å². The molecule has 0 aromatic heterocycles. The normalized spacial score (nSPS) is 17.0. The van der Waals surface area contributed by atoms with Crippen LogP contribution in [0, 0.1) is 0 Å². The van der Waals surface area contributed by atoms with E-state index in [0.29, 0.717) is 23.1 Å². The molecule has 22 heavy (non-hydrogen) atoms. The highest BCUT2D eigenvalue weighted by atomic mass is 79.9. The van der Waals surface area contributed by atoms with Gasteiger partial charge in [0.2, 0.25) is 10.0 Å². The van der Waals surface area contributed by atoms with Gasteiger partial charge in [0.25, 0.3) is 5.91 Å². The average Bonchev–Trinajstić information content (AvgIpc) is 2.77. The first kappa shape index (κ1) is 17.4. The van der Waals surface area contributed by atoms with E-state index in [4.69, 9.17) is 0 Å². The monoisotopic (exact) mass is 388 g/mol. The van der Waals surface area contributed by atoms with Gasteiger partial charge in [-0.05, 0) is 40.9 Å². The van der Waals surface area contributed by atoms with Crippen molar-refractivity contribution >= 4 is 31.9 Å². The number of nitrogens with one attached hydrogen (secondary N) is 1. The van der Waals surface area contributed by atoms with Crippen molar-refractivity contribution in [3.8, 4) is 0 Å². The van der Waals surface area contributed by atoms with Crippen LogP contribution in [0.1, 0.15) is 36.0 Å². The van der Waals surface area contributed by atoms with Gasteiger partial charge in [0, 0.05) is 24.1 Å². The quantitative estimate of drug-likeness (QED) is 0.841. The van der Waals surface area contributed by atoms with Crippen LogP contribution in [-0.2, 0) is 10.0 Å². The number of amides is 1. The summed E-state index contributed by atoms with van der Waals surface area (Å²) in [6.07, 6.45) is 4.01. The van der Waals surface area contributed by atoms with Crippen molar-refractivity contribution in [2.24, 2.45) is 0 Å². The van der Waals surface area contributed by atoms with Crippen LogP contribution >= 0.6 is 15.9 Å². The van der Waals surface area contributed by atoms with Gasteiger partial charge in [0.1, 0.15) is 0 Å². The summed E-state index contributed by atoms with van der Waals surface area (Å²) in [4.78, 5) is 12.0. The second-order valence-electron chi connectivity index (χ2n) is 5.37. The number of rotatable bonds is 5.